The third-order valence-electron chi connectivity index (χ3n) is 2.94. The number of carbonyl (C=O) groups excluding carboxylic acids is 1. The van der Waals surface area contributed by atoms with Crippen LogP contribution in [0.5, 0.6) is 0 Å². The van der Waals surface area contributed by atoms with E-state index in [2.05, 4.69) is 8.75 Å². The fourth-order valence-corrected chi connectivity index (χ4v) is 2.70. The first kappa shape index (κ1) is 12.9. The van der Waals surface area contributed by atoms with Crippen LogP contribution in [-0.4, -0.2) is 49.9 Å². The van der Waals surface area contributed by atoms with Crippen LogP contribution in [0.1, 0.15) is 29.8 Å². The predicted octanol–water partition coefficient (Wildman–Crippen LogP) is 0.157. The van der Waals surface area contributed by atoms with Gasteiger partial charge < -0.3 is 15.1 Å². The molecule has 0 amide bonds. The summed E-state index contributed by atoms with van der Waals surface area (Å²) < 4.78 is 7.66. The molecule has 0 spiro atoms. The van der Waals surface area contributed by atoms with E-state index in [1.54, 1.807) is 4.90 Å². The number of ketones is 1. The third-order valence-corrected chi connectivity index (χ3v) is 3.45. The zero-order chi connectivity index (χ0) is 13.1. The molecular weight excluding hydrogens is 258 g/mol. The van der Waals surface area contributed by atoms with Gasteiger partial charge in [0.1, 0.15) is 0 Å². The Bertz CT molecular complexity index is 462. The van der Waals surface area contributed by atoms with Crippen LogP contribution >= 0.6 is 11.7 Å². The molecule has 8 heteroatoms. The molecule has 1 aliphatic rings. The van der Waals surface area contributed by atoms with Crippen LogP contribution in [0, 0.1) is 0 Å². The van der Waals surface area contributed by atoms with Crippen molar-refractivity contribution < 1.29 is 19.8 Å². The second kappa shape index (κ2) is 5.40. The molecule has 2 N–H and O–H groups in total. The summed E-state index contributed by atoms with van der Waals surface area (Å²) in [6.07, 6.45) is 1.94. The van der Waals surface area contributed by atoms with Crippen LogP contribution in [-0.2, 0) is 4.79 Å². The van der Waals surface area contributed by atoms with Crippen molar-refractivity contribution in [2.45, 2.75) is 25.3 Å². The van der Waals surface area contributed by atoms with Gasteiger partial charge in [-0.3, -0.25) is 4.79 Å². The first-order chi connectivity index (χ1) is 8.65. The molecule has 0 saturated heterocycles. The normalized spacial score (nSPS) is 19.2. The van der Waals surface area contributed by atoms with Crippen molar-refractivity contribution in [1.82, 2.24) is 8.75 Å². The SMILES string of the molecule is O=C(O)c1nsnc1N(CCO)C1CCCC1=O. The van der Waals surface area contributed by atoms with Crippen LogP contribution in [0.4, 0.5) is 5.82 Å². The summed E-state index contributed by atoms with van der Waals surface area (Å²) in [6, 6.07) is -0.390. The van der Waals surface area contributed by atoms with E-state index >= 15 is 0 Å². The van der Waals surface area contributed by atoms with Gasteiger partial charge in [-0.15, -0.1) is 0 Å². The van der Waals surface area contributed by atoms with E-state index in [1.165, 1.54) is 0 Å². The minimum absolute atomic E-state index is 0.0628. The summed E-state index contributed by atoms with van der Waals surface area (Å²) in [7, 11) is 0. The lowest BCUT2D eigenvalue weighted by atomic mass is 10.2. The number of carbonyl (C=O) groups is 2. The molecule has 1 aromatic rings. The highest BCUT2D eigenvalue weighted by Gasteiger charge is 2.33. The van der Waals surface area contributed by atoms with E-state index in [1.807, 2.05) is 0 Å². The summed E-state index contributed by atoms with van der Waals surface area (Å²) >= 11 is 0.793. The van der Waals surface area contributed by atoms with Gasteiger partial charge >= 0.3 is 5.97 Å². The lowest BCUT2D eigenvalue weighted by Gasteiger charge is -2.27. The van der Waals surface area contributed by atoms with Gasteiger partial charge in [-0.05, 0) is 12.8 Å². The number of hydrogen-bond donors (Lipinski definition) is 2. The van der Waals surface area contributed by atoms with Gasteiger partial charge in [-0.2, -0.15) is 8.75 Å². The van der Waals surface area contributed by atoms with Crippen molar-refractivity contribution in [2.75, 3.05) is 18.1 Å². The maximum absolute atomic E-state index is 11.8. The van der Waals surface area contributed by atoms with E-state index in [-0.39, 0.29) is 36.5 Å². The Morgan fingerprint density at radius 3 is 2.83 bits per heavy atom. The highest BCUT2D eigenvalue weighted by molar-refractivity contribution is 6.99. The summed E-state index contributed by atoms with van der Waals surface area (Å²) in [5, 5.41) is 18.1. The number of aliphatic hydroxyl groups is 1. The molecule has 1 heterocycles. The van der Waals surface area contributed by atoms with Gasteiger partial charge in [0.15, 0.2) is 11.6 Å². The van der Waals surface area contributed by atoms with E-state index in [0.717, 1.165) is 18.1 Å². The van der Waals surface area contributed by atoms with Crippen molar-refractivity contribution in [1.29, 1.82) is 0 Å². The Morgan fingerprint density at radius 1 is 1.50 bits per heavy atom. The number of carboxylic acids is 1. The topological polar surface area (TPSA) is 104 Å². The Balaban J connectivity index is 2.31. The summed E-state index contributed by atoms with van der Waals surface area (Å²) in [4.78, 5) is 24.3. The average Bonchev–Trinajstić information content (AvgIpc) is 2.94. The van der Waals surface area contributed by atoms with E-state index in [4.69, 9.17) is 10.2 Å². The Hall–Kier alpha value is -1.54. The first-order valence-corrected chi connectivity index (χ1v) is 6.34. The zero-order valence-electron chi connectivity index (χ0n) is 9.57. The highest BCUT2D eigenvalue weighted by Crippen LogP contribution is 2.27. The van der Waals surface area contributed by atoms with Gasteiger partial charge in [-0.25, -0.2) is 4.79 Å². The smallest absolute Gasteiger partial charge is 0.359 e. The molecule has 1 saturated carbocycles. The number of Topliss-reactive ketones (excluding diaryl/α,β-unsaturated/α-hetero) is 1. The number of aromatic carboxylic acids is 1. The number of anilines is 1. The largest absolute Gasteiger partial charge is 0.476 e. The van der Waals surface area contributed by atoms with E-state index < -0.39 is 5.97 Å². The summed E-state index contributed by atoms with van der Waals surface area (Å²) in [5.74, 6) is -0.929. The summed E-state index contributed by atoms with van der Waals surface area (Å²) in [5.41, 5.74) is -0.159. The van der Waals surface area contributed by atoms with E-state index in [0.29, 0.717) is 12.8 Å². The Morgan fingerprint density at radius 2 is 2.28 bits per heavy atom. The fraction of sp³-hybridized carbons (Fsp3) is 0.600. The van der Waals surface area contributed by atoms with Gasteiger partial charge in [0.05, 0.1) is 24.4 Å². The molecule has 0 aliphatic heterocycles. The molecule has 1 aromatic heterocycles. The Labute approximate surface area is 107 Å². The molecule has 1 unspecified atom stereocenters. The van der Waals surface area contributed by atoms with Crippen LogP contribution in [0.2, 0.25) is 0 Å². The van der Waals surface area contributed by atoms with Crippen molar-refractivity contribution in [3.05, 3.63) is 5.69 Å². The minimum Gasteiger partial charge on any atom is -0.476 e. The van der Waals surface area contributed by atoms with Crippen molar-refractivity contribution >= 4 is 29.3 Å². The fourth-order valence-electron chi connectivity index (χ4n) is 2.15. The maximum Gasteiger partial charge on any atom is 0.359 e. The molecule has 18 heavy (non-hydrogen) atoms. The first-order valence-electron chi connectivity index (χ1n) is 5.61. The second-order valence-corrected chi connectivity index (χ2v) is 4.56. The maximum atomic E-state index is 11.8. The highest BCUT2D eigenvalue weighted by atomic mass is 32.1. The number of rotatable bonds is 5. The predicted molar refractivity (Wildman–Crippen MR) is 63.9 cm³/mol. The quantitative estimate of drug-likeness (QED) is 0.785. The van der Waals surface area contributed by atoms with Gasteiger partial charge in [-0.1, -0.05) is 0 Å². The summed E-state index contributed by atoms with van der Waals surface area (Å²) in [6.45, 7) is 0.0163. The van der Waals surface area contributed by atoms with Crippen molar-refractivity contribution in [2.24, 2.45) is 0 Å². The van der Waals surface area contributed by atoms with Gasteiger partial charge in [0, 0.05) is 13.0 Å². The van der Waals surface area contributed by atoms with Crippen LogP contribution in [0.3, 0.4) is 0 Å². The van der Waals surface area contributed by atoms with Gasteiger partial charge in [0.25, 0.3) is 0 Å². The number of aromatic nitrogens is 2. The van der Waals surface area contributed by atoms with Crippen molar-refractivity contribution in [3.8, 4) is 0 Å². The number of hydrogen-bond acceptors (Lipinski definition) is 7. The molecule has 98 valence electrons. The Kier molecular flexibility index (Phi) is 3.87. The second-order valence-electron chi connectivity index (χ2n) is 4.03. The number of nitrogens with zero attached hydrogens (tertiary/aromatic N) is 3. The lowest BCUT2D eigenvalue weighted by molar-refractivity contribution is -0.118. The van der Waals surface area contributed by atoms with E-state index in [9.17, 15) is 9.59 Å². The van der Waals surface area contributed by atoms with Gasteiger partial charge in [0.2, 0.25) is 5.69 Å². The standard InChI is InChI=1S/C10H13N3O4S/c14-5-4-13(6-2-1-3-7(6)15)9-8(10(16)17)11-18-12-9/h6,14H,1-5H2,(H,16,17). The van der Waals surface area contributed by atoms with Crippen LogP contribution in [0.25, 0.3) is 0 Å². The average molecular weight is 271 g/mol. The molecule has 0 bridgehead atoms. The molecule has 1 fully saturated rings. The third kappa shape index (κ3) is 2.34. The monoisotopic (exact) mass is 271 g/mol. The number of aliphatic hydroxyl groups excluding tert-OH is 1. The molecule has 2 rings (SSSR count). The van der Waals surface area contributed by atoms with Crippen molar-refractivity contribution in [3.63, 3.8) is 0 Å². The molecular formula is C10H13N3O4S. The van der Waals surface area contributed by atoms with Crippen LogP contribution < -0.4 is 4.90 Å². The molecule has 1 atom stereocenters. The zero-order valence-corrected chi connectivity index (χ0v) is 10.4. The molecule has 1 aliphatic carbocycles. The molecule has 7 nitrogen and oxygen atoms in total. The minimum atomic E-state index is -1.17. The number of carboxylic acid groups (broad SMARTS) is 1. The lowest BCUT2D eigenvalue weighted by Crippen LogP contribution is -2.41. The van der Waals surface area contributed by atoms with Crippen LogP contribution in [0.15, 0.2) is 0 Å². The molecule has 0 radical (unpaired) electrons. The molecule has 0 aromatic carbocycles.